The number of rotatable bonds is 80. The van der Waals surface area contributed by atoms with E-state index in [-0.39, 0.29) is 64.0 Å². The van der Waals surface area contributed by atoms with Crippen LogP contribution in [0.3, 0.4) is 0 Å². The molecule has 0 aliphatic rings. The molecule has 0 saturated carbocycles. The molecule has 0 heterocycles. The lowest BCUT2D eigenvalue weighted by molar-refractivity contribution is -0.870. The normalized spacial score (nSPS) is 13.6. The maximum Gasteiger partial charge on any atom is 0.306 e. The SMILES string of the molecule is CCCCCCCCCCCCCCCCCC(=O)OC[C@H](COP(=O)([O-])OCC[N+](C)(C)C)OC(=O)CCCCCCCCCCCCCCC.CCCCCCCCCCCCCCCCCC(=O)OC[C@H](COP(=O)([O-])OCC[N+](C)(C)C)OC(=O)CCCCCCCCCCCCCCC. The van der Waals surface area contributed by atoms with E-state index < -0.39 is 53.0 Å². The highest BCUT2D eigenvalue weighted by atomic mass is 31.2. The molecule has 0 fully saturated rings. The summed E-state index contributed by atoms with van der Waals surface area (Å²) in [6.07, 6.45) is 68.1. The van der Waals surface area contributed by atoms with Crippen molar-refractivity contribution >= 4 is 39.5 Å². The summed E-state index contributed by atoms with van der Waals surface area (Å²) in [7, 11) is 2.36. The third-order valence-corrected chi connectivity index (χ3v) is 21.2. The summed E-state index contributed by atoms with van der Waals surface area (Å²) >= 11 is 0. The first kappa shape index (κ1) is 104. The van der Waals surface area contributed by atoms with Gasteiger partial charge in [-0.15, -0.1) is 0 Å². The molecule has 0 aromatic carbocycles. The fraction of sp³-hybridized carbons (Fsp3) is 0.952. The van der Waals surface area contributed by atoms with Crippen LogP contribution in [-0.4, -0.2) is 140 Å². The number of unbranched alkanes of at least 4 members (excludes halogenated alkanes) is 52. The lowest BCUT2D eigenvalue weighted by Crippen LogP contribution is -2.37. The molecule has 0 aromatic heterocycles. The Labute approximate surface area is 640 Å². The first-order valence-electron chi connectivity index (χ1n) is 43.5. The number of esters is 4. The van der Waals surface area contributed by atoms with Crippen LogP contribution in [0, 0.1) is 0 Å². The van der Waals surface area contributed by atoms with Crippen molar-refractivity contribution in [3.63, 3.8) is 0 Å². The Hall–Kier alpha value is -1.98. The van der Waals surface area contributed by atoms with E-state index in [1.54, 1.807) is 0 Å². The van der Waals surface area contributed by atoms with Crippen molar-refractivity contribution in [1.29, 1.82) is 0 Å². The van der Waals surface area contributed by atoms with E-state index >= 15 is 0 Å². The predicted octanol–water partition coefficient (Wildman–Crippen LogP) is 22.8. The quantitative estimate of drug-likeness (QED) is 0.0181. The molecule has 0 aromatic rings. The van der Waals surface area contributed by atoms with Crippen molar-refractivity contribution in [2.75, 3.05) is 95.0 Å². The van der Waals surface area contributed by atoms with Gasteiger partial charge in [0.1, 0.15) is 39.5 Å². The van der Waals surface area contributed by atoms with Crippen LogP contribution in [0.2, 0.25) is 0 Å². The Bertz CT molecular complexity index is 1870. The van der Waals surface area contributed by atoms with Crippen LogP contribution in [0.15, 0.2) is 0 Å². The Balaban J connectivity index is 0. The van der Waals surface area contributed by atoms with Crippen LogP contribution < -0.4 is 9.79 Å². The zero-order valence-electron chi connectivity index (χ0n) is 69.6. The highest BCUT2D eigenvalue weighted by Crippen LogP contribution is 2.39. The lowest BCUT2D eigenvalue weighted by atomic mass is 10.0. The molecule has 0 bridgehead atoms. The molecule has 0 aliphatic heterocycles. The van der Waals surface area contributed by atoms with Gasteiger partial charge in [0.15, 0.2) is 12.2 Å². The Morgan fingerprint density at radius 3 is 0.615 bits per heavy atom. The average Bonchev–Trinajstić information content (AvgIpc) is 0.913. The van der Waals surface area contributed by atoms with Gasteiger partial charge in [-0.1, -0.05) is 362 Å². The maximum absolute atomic E-state index is 12.6. The molecule has 20 heteroatoms. The molecule has 18 nitrogen and oxygen atoms in total. The molecule has 0 N–H and O–H groups in total. The summed E-state index contributed by atoms with van der Waals surface area (Å²) in [4.78, 5) is 74.9. The summed E-state index contributed by atoms with van der Waals surface area (Å²) in [6.45, 7) is 8.51. The maximum atomic E-state index is 12.6. The number of nitrogens with zero attached hydrogens (tertiary/aromatic N) is 2. The van der Waals surface area contributed by atoms with E-state index in [1.807, 2.05) is 42.3 Å². The predicted molar refractivity (Wildman–Crippen MR) is 426 cm³/mol. The van der Waals surface area contributed by atoms with Crippen molar-refractivity contribution in [2.45, 2.75) is 425 Å². The first-order valence-corrected chi connectivity index (χ1v) is 46.4. The number of hydrogen-bond donors (Lipinski definition) is 0. The van der Waals surface area contributed by atoms with Gasteiger partial charge in [-0.2, -0.15) is 0 Å². The number of phosphoric ester groups is 2. The fourth-order valence-corrected chi connectivity index (χ4v) is 13.8. The van der Waals surface area contributed by atoms with E-state index in [2.05, 4.69) is 27.7 Å². The Morgan fingerprint density at radius 2 is 0.433 bits per heavy atom. The van der Waals surface area contributed by atoms with E-state index in [1.165, 1.54) is 283 Å². The van der Waals surface area contributed by atoms with Crippen LogP contribution in [0.1, 0.15) is 413 Å². The monoisotopic (exact) mass is 1520 g/mol. The van der Waals surface area contributed by atoms with Crippen molar-refractivity contribution in [3.8, 4) is 0 Å². The second-order valence-corrected chi connectivity index (χ2v) is 35.0. The number of quaternary nitrogens is 2. The largest absolute Gasteiger partial charge is 0.756 e. The summed E-state index contributed by atoms with van der Waals surface area (Å²) in [6, 6.07) is 0. The first-order chi connectivity index (χ1) is 50.0. The molecule has 0 saturated heterocycles. The van der Waals surface area contributed by atoms with Gasteiger partial charge < -0.3 is 55.8 Å². The second kappa shape index (κ2) is 75.1. The van der Waals surface area contributed by atoms with Crippen molar-refractivity contribution in [1.82, 2.24) is 0 Å². The molecular weight excluding hydrogens is 1350 g/mol. The highest BCUT2D eigenvalue weighted by molar-refractivity contribution is 7.46. The summed E-state index contributed by atoms with van der Waals surface area (Å²) in [5.41, 5.74) is 0. The average molecular weight is 1520 g/mol. The van der Waals surface area contributed by atoms with Gasteiger partial charge in [0.2, 0.25) is 0 Å². The van der Waals surface area contributed by atoms with E-state index in [0.717, 1.165) is 64.2 Å². The van der Waals surface area contributed by atoms with E-state index in [0.29, 0.717) is 34.9 Å². The minimum atomic E-state index is -4.61. The fourth-order valence-electron chi connectivity index (χ4n) is 12.4. The molecule has 4 atom stereocenters. The summed E-state index contributed by atoms with van der Waals surface area (Å²) in [5, 5.41) is 0. The smallest absolute Gasteiger partial charge is 0.306 e. The zero-order valence-corrected chi connectivity index (χ0v) is 71.3. The zero-order chi connectivity index (χ0) is 77.2. The number of carbonyl (C=O) groups is 4. The van der Waals surface area contributed by atoms with Crippen LogP contribution in [0.4, 0.5) is 0 Å². The van der Waals surface area contributed by atoms with Gasteiger partial charge in [-0.3, -0.25) is 28.3 Å². The lowest BCUT2D eigenvalue weighted by Gasteiger charge is -2.28. The molecule has 0 rings (SSSR count). The third-order valence-electron chi connectivity index (χ3n) is 19.3. The minimum Gasteiger partial charge on any atom is -0.756 e. The van der Waals surface area contributed by atoms with E-state index in [4.69, 9.17) is 37.0 Å². The highest BCUT2D eigenvalue weighted by Gasteiger charge is 2.24. The minimum absolute atomic E-state index is 0.0258. The number of likely N-dealkylation sites (N-methyl/N-ethyl adjacent to an activating group) is 2. The van der Waals surface area contributed by atoms with Gasteiger partial charge in [0, 0.05) is 25.7 Å². The van der Waals surface area contributed by atoms with Gasteiger partial charge in [-0.05, 0) is 25.7 Å². The number of hydrogen-bond acceptors (Lipinski definition) is 16. The molecule has 0 amide bonds. The second-order valence-electron chi connectivity index (χ2n) is 32.2. The standard InChI is InChI=1S/2C42H84NO8P/c2*1-6-8-10-12-14-16-18-20-21-23-24-26-28-30-32-34-41(44)48-38-40(39-50-52(46,47)49-37-36-43(3,4)5)51-42(45)35-33-31-29-27-25-22-19-17-15-13-11-9-7-2/h2*40H,6-39H2,1-5H3/t2*40-/m11/s1. The molecule has 620 valence electrons. The van der Waals surface area contributed by atoms with E-state index in [9.17, 15) is 38.1 Å². The molecule has 0 radical (unpaired) electrons. The molecular formula is C84H168N2O16P2. The summed E-state index contributed by atoms with van der Waals surface area (Å²) < 4.78 is 67.7. The van der Waals surface area contributed by atoms with Gasteiger partial charge in [0.05, 0.1) is 55.5 Å². The number of ether oxygens (including phenoxy) is 4. The Morgan fingerprint density at radius 1 is 0.260 bits per heavy atom. The molecule has 0 spiro atoms. The van der Waals surface area contributed by atoms with Crippen molar-refractivity contribution in [2.24, 2.45) is 0 Å². The third kappa shape index (κ3) is 84.0. The van der Waals surface area contributed by atoms with Crippen LogP contribution in [0.25, 0.3) is 0 Å². The Kier molecular flexibility index (Phi) is 75.1. The van der Waals surface area contributed by atoms with Crippen molar-refractivity contribution in [3.05, 3.63) is 0 Å². The van der Waals surface area contributed by atoms with Gasteiger partial charge in [0.25, 0.3) is 15.6 Å². The summed E-state index contributed by atoms with van der Waals surface area (Å²) in [5.74, 6) is -1.64. The van der Waals surface area contributed by atoms with Gasteiger partial charge in [-0.25, -0.2) is 0 Å². The van der Waals surface area contributed by atoms with Crippen molar-refractivity contribution < 1.29 is 84.1 Å². The molecule has 2 unspecified atom stereocenters. The molecule has 0 aliphatic carbocycles. The topological polar surface area (TPSA) is 222 Å². The van der Waals surface area contributed by atoms with Crippen LogP contribution >= 0.6 is 15.6 Å². The van der Waals surface area contributed by atoms with Gasteiger partial charge >= 0.3 is 23.9 Å². The van der Waals surface area contributed by atoms with Crippen LogP contribution in [0.5, 0.6) is 0 Å². The molecule has 104 heavy (non-hydrogen) atoms. The number of phosphoric acid groups is 2. The van der Waals surface area contributed by atoms with Crippen LogP contribution in [-0.2, 0) is 65.4 Å². The number of carbonyl (C=O) groups excluding carboxylic acids is 4.